The van der Waals surface area contributed by atoms with E-state index >= 15 is 0 Å². The molecule has 14 heavy (non-hydrogen) atoms. The summed E-state index contributed by atoms with van der Waals surface area (Å²) in [4.78, 5) is 11.3. The van der Waals surface area contributed by atoms with Crippen molar-refractivity contribution in [3.8, 4) is 0 Å². The van der Waals surface area contributed by atoms with Crippen LogP contribution in [-0.2, 0) is 5.54 Å². The van der Waals surface area contributed by atoms with Crippen molar-refractivity contribution in [1.82, 2.24) is 5.32 Å². The van der Waals surface area contributed by atoms with Gasteiger partial charge in [-0.05, 0) is 26.0 Å². The number of hydrogen-bond acceptors (Lipinski definition) is 2. The van der Waals surface area contributed by atoms with Gasteiger partial charge in [0.2, 0.25) is 0 Å². The second-order valence-corrected chi connectivity index (χ2v) is 3.97. The van der Waals surface area contributed by atoms with Gasteiger partial charge in [0.1, 0.15) is 0 Å². The number of carbonyl (C=O) groups is 1. The van der Waals surface area contributed by atoms with Crippen LogP contribution >= 0.6 is 0 Å². The molecule has 1 aromatic carbocycles. The standard InChI is InChI=1S/C10H13N3O/c1-10(2)8-6(11)4-3-5-7(8)12-9(14)13-10/h3-5H,11H2,1-2H3,(H2,12,13,14). The molecular formula is C10H13N3O. The van der Waals surface area contributed by atoms with E-state index in [1.54, 1.807) is 0 Å². The Morgan fingerprint density at radius 2 is 2.07 bits per heavy atom. The molecule has 0 saturated carbocycles. The molecule has 1 aliphatic rings. The molecule has 0 aliphatic carbocycles. The third-order valence-corrected chi connectivity index (χ3v) is 2.40. The van der Waals surface area contributed by atoms with E-state index in [1.807, 2.05) is 32.0 Å². The van der Waals surface area contributed by atoms with Gasteiger partial charge in [0.05, 0.1) is 5.54 Å². The molecule has 0 atom stereocenters. The van der Waals surface area contributed by atoms with E-state index < -0.39 is 5.54 Å². The summed E-state index contributed by atoms with van der Waals surface area (Å²) in [5, 5.41) is 5.55. The first-order chi connectivity index (χ1) is 6.50. The Morgan fingerprint density at radius 1 is 1.36 bits per heavy atom. The topological polar surface area (TPSA) is 67.2 Å². The van der Waals surface area contributed by atoms with Crippen LogP contribution in [-0.4, -0.2) is 6.03 Å². The van der Waals surface area contributed by atoms with E-state index in [-0.39, 0.29) is 6.03 Å². The number of amides is 2. The van der Waals surface area contributed by atoms with Gasteiger partial charge in [0, 0.05) is 16.9 Å². The van der Waals surface area contributed by atoms with Crippen molar-refractivity contribution >= 4 is 17.4 Å². The third kappa shape index (κ3) is 1.19. The van der Waals surface area contributed by atoms with Gasteiger partial charge in [-0.1, -0.05) is 6.07 Å². The minimum Gasteiger partial charge on any atom is -0.398 e. The molecule has 0 spiro atoms. The molecule has 4 nitrogen and oxygen atoms in total. The van der Waals surface area contributed by atoms with Crippen LogP contribution in [0, 0.1) is 0 Å². The van der Waals surface area contributed by atoms with Crippen molar-refractivity contribution in [3.05, 3.63) is 23.8 Å². The number of benzene rings is 1. The first kappa shape index (κ1) is 8.87. The zero-order valence-corrected chi connectivity index (χ0v) is 8.22. The second-order valence-electron chi connectivity index (χ2n) is 3.97. The summed E-state index contributed by atoms with van der Waals surface area (Å²) in [5.74, 6) is 0. The third-order valence-electron chi connectivity index (χ3n) is 2.40. The van der Waals surface area contributed by atoms with Crippen molar-refractivity contribution in [3.63, 3.8) is 0 Å². The number of nitrogens with two attached hydrogens (primary N) is 1. The van der Waals surface area contributed by atoms with E-state index in [1.165, 1.54) is 0 Å². The van der Waals surface area contributed by atoms with Gasteiger partial charge < -0.3 is 16.4 Å². The molecule has 1 aliphatic heterocycles. The first-order valence-corrected chi connectivity index (χ1v) is 4.49. The molecule has 1 heterocycles. The predicted octanol–water partition coefficient (Wildman–Crippen LogP) is 1.64. The van der Waals surface area contributed by atoms with Gasteiger partial charge in [-0.25, -0.2) is 4.79 Å². The van der Waals surface area contributed by atoms with Gasteiger partial charge in [-0.3, -0.25) is 0 Å². The van der Waals surface area contributed by atoms with Crippen molar-refractivity contribution in [2.75, 3.05) is 11.1 Å². The highest BCUT2D eigenvalue weighted by Crippen LogP contribution is 2.35. The lowest BCUT2D eigenvalue weighted by atomic mass is 9.89. The molecule has 4 heteroatoms. The summed E-state index contributed by atoms with van der Waals surface area (Å²) >= 11 is 0. The Bertz CT molecular complexity index is 398. The molecule has 0 bridgehead atoms. The van der Waals surface area contributed by atoms with Crippen LogP contribution in [0.5, 0.6) is 0 Å². The van der Waals surface area contributed by atoms with Crippen molar-refractivity contribution in [2.45, 2.75) is 19.4 Å². The van der Waals surface area contributed by atoms with Crippen LogP contribution in [0.15, 0.2) is 18.2 Å². The van der Waals surface area contributed by atoms with E-state index in [9.17, 15) is 4.79 Å². The van der Waals surface area contributed by atoms with E-state index in [0.717, 1.165) is 11.3 Å². The molecule has 0 aromatic heterocycles. The summed E-state index contributed by atoms with van der Waals surface area (Å²) in [6, 6.07) is 5.33. The lowest BCUT2D eigenvalue weighted by molar-refractivity contribution is 0.240. The molecule has 0 unspecified atom stereocenters. The number of rotatable bonds is 0. The van der Waals surface area contributed by atoms with Gasteiger partial charge in [-0.2, -0.15) is 0 Å². The number of nitrogens with one attached hydrogen (secondary N) is 2. The summed E-state index contributed by atoms with van der Waals surface area (Å²) in [7, 11) is 0. The molecule has 0 fully saturated rings. The average molecular weight is 191 g/mol. The number of nitrogen functional groups attached to an aromatic ring is 1. The maximum Gasteiger partial charge on any atom is 0.319 e. The molecule has 0 radical (unpaired) electrons. The Balaban J connectivity index is 2.64. The largest absolute Gasteiger partial charge is 0.398 e. The number of fused-ring (bicyclic) bond motifs is 1. The fourth-order valence-electron chi connectivity index (χ4n) is 1.87. The quantitative estimate of drug-likeness (QED) is 0.546. The Labute approximate surface area is 82.5 Å². The number of urea groups is 1. The van der Waals surface area contributed by atoms with Crippen LogP contribution in [0.2, 0.25) is 0 Å². The fourth-order valence-corrected chi connectivity index (χ4v) is 1.87. The van der Waals surface area contributed by atoms with Gasteiger partial charge >= 0.3 is 6.03 Å². The lowest BCUT2D eigenvalue weighted by Crippen LogP contribution is -2.48. The molecule has 4 N–H and O–H groups in total. The molecule has 0 saturated heterocycles. The zero-order valence-electron chi connectivity index (χ0n) is 8.22. The van der Waals surface area contributed by atoms with Crippen LogP contribution < -0.4 is 16.4 Å². The summed E-state index contributed by atoms with van der Waals surface area (Å²) < 4.78 is 0. The lowest BCUT2D eigenvalue weighted by Gasteiger charge is -2.34. The fraction of sp³-hybridized carbons (Fsp3) is 0.300. The van der Waals surface area contributed by atoms with Crippen molar-refractivity contribution in [2.24, 2.45) is 0 Å². The average Bonchev–Trinajstić information content (AvgIpc) is 2.00. The smallest absolute Gasteiger partial charge is 0.319 e. The van der Waals surface area contributed by atoms with E-state index in [0.29, 0.717) is 5.69 Å². The van der Waals surface area contributed by atoms with Crippen LogP contribution in [0.1, 0.15) is 19.4 Å². The van der Waals surface area contributed by atoms with Gasteiger partial charge in [0.15, 0.2) is 0 Å². The highest BCUT2D eigenvalue weighted by atomic mass is 16.2. The monoisotopic (exact) mass is 191 g/mol. The van der Waals surface area contributed by atoms with Crippen molar-refractivity contribution < 1.29 is 4.79 Å². The number of hydrogen-bond donors (Lipinski definition) is 3. The first-order valence-electron chi connectivity index (χ1n) is 4.49. The van der Waals surface area contributed by atoms with Gasteiger partial charge in [0.25, 0.3) is 0 Å². The summed E-state index contributed by atoms with van der Waals surface area (Å²) in [5.41, 5.74) is 7.89. The molecular weight excluding hydrogens is 178 g/mol. The Morgan fingerprint density at radius 3 is 2.79 bits per heavy atom. The zero-order chi connectivity index (χ0) is 10.3. The summed E-state index contributed by atoms with van der Waals surface area (Å²) in [6.07, 6.45) is 0. The highest BCUT2D eigenvalue weighted by molar-refractivity contribution is 5.95. The molecule has 2 rings (SSSR count). The Kier molecular flexibility index (Phi) is 1.67. The van der Waals surface area contributed by atoms with Crippen LogP contribution in [0.4, 0.5) is 16.2 Å². The maximum atomic E-state index is 11.3. The maximum absolute atomic E-state index is 11.3. The number of carbonyl (C=O) groups excluding carboxylic acids is 1. The van der Waals surface area contributed by atoms with Crippen LogP contribution in [0.3, 0.4) is 0 Å². The summed E-state index contributed by atoms with van der Waals surface area (Å²) in [6.45, 7) is 3.86. The molecule has 1 aromatic rings. The van der Waals surface area contributed by atoms with E-state index in [2.05, 4.69) is 10.6 Å². The predicted molar refractivity (Wildman–Crippen MR) is 56.0 cm³/mol. The molecule has 2 amide bonds. The van der Waals surface area contributed by atoms with Crippen LogP contribution in [0.25, 0.3) is 0 Å². The Hall–Kier alpha value is -1.71. The second kappa shape index (κ2) is 2.64. The minimum atomic E-state index is -0.414. The minimum absolute atomic E-state index is 0.187. The van der Waals surface area contributed by atoms with E-state index in [4.69, 9.17) is 5.73 Å². The SMILES string of the molecule is CC1(C)NC(=O)Nc2cccc(N)c21. The number of anilines is 2. The van der Waals surface area contributed by atoms with Gasteiger partial charge in [-0.15, -0.1) is 0 Å². The van der Waals surface area contributed by atoms with Crippen molar-refractivity contribution in [1.29, 1.82) is 0 Å². The normalized spacial score (nSPS) is 18.0. The molecule has 74 valence electrons. The highest BCUT2D eigenvalue weighted by Gasteiger charge is 2.32.